The molecule has 0 atom stereocenters. The van der Waals surface area contributed by atoms with Crippen molar-refractivity contribution in [3.8, 4) is 11.8 Å². The maximum Gasteiger partial charge on any atom is 0.119 e. The molecule has 1 aromatic carbocycles. The fourth-order valence-corrected chi connectivity index (χ4v) is 1.43. The minimum absolute atomic E-state index is 0.518. The molecule has 0 unspecified atom stereocenters. The number of ether oxygens (including phenoxy) is 1. The van der Waals surface area contributed by atoms with E-state index in [0.717, 1.165) is 11.5 Å². The van der Waals surface area contributed by atoms with Gasteiger partial charge in [0.2, 0.25) is 0 Å². The van der Waals surface area contributed by atoms with Crippen LogP contribution in [0.4, 0.5) is 0 Å². The quantitative estimate of drug-likeness (QED) is 0.725. The van der Waals surface area contributed by atoms with Crippen LogP contribution in [0.2, 0.25) is 5.02 Å². The number of nitriles is 1. The first-order valence-electron chi connectivity index (χ1n) is 4.16. The van der Waals surface area contributed by atoms with Crippen LogP contribution >= 0.6 is 23.4 Å². The zero-order chi connectivity index (χ0) is 10.2. The molecule has 0 saturated carbocycles. The highest BCUT2D eigenvalue weighted by Gasteiger charge is 1.93. The van der Waals surface area contributed by atoms with Gasteiger partial charge in [0, 0.05) is 10.8 Å². The molecule has 0 fully saturated rings. The first-order valence-corrected chi connectivity index (χ1v) is 5.69. The highest BCUT2D eigenvalue weighted by Crippen LogP contribution is 2.15. The summed E-state index contributed by atoms with van der Waals surface area (Å²) in [5.74, 6) is 2.16. The molecule has 74 valence electrons. The van der Waals surface area contributed by atoms with Crippen LogP contribution in [-0.2, 0) is 0 Å². The van der Waals surface area contributed by atoms with E-state index in [0.29, 0.717) is 17.4 Å². The number of halogens is 1. The Kier molecular flexibility index (Phi) is 5.28. The summed E-state index contributed by atoms with van der Waals surface area (Å²) in [5, 5.41) is 8.99. The minimum atomic E-state index is 0.518. The Balaban J connectivity index is 2.19. The van der Waals surface area contributed by atoms with Crippen LogP contribution in [0.25, 0.3) is 0 Å². The van der Waals surface area contributed by atoms with E-state index in [2.05, 4.69) is 6.07 Å². The largest absolute Gasteiger partial charge is 0.493 e. The van der Waals surface area contributed by atoms with Crippen LogP contribution in [0, 0.1) is 11.3 Å². The van der Waals surface area contributed by atoms with Gasteiger partial charge < -0.3 is 4.74 Å². The molecule has 0 amide bonds. The smallest absolute Gasteiger partial charge is 0.119 e. The fourth-order valence-electron chi connectivity index (χ4n) is 0.867. The molecule has 0 bridgehead atoms. The summed E-state index contributed by atoms with van der Waals surface area (Å²) in [7, 11) is 0. The maximum atomic E-state index is 8.29. The van der Waals surface area contributed by atoms with Gasteiger partial charge in [-0.25, -0.2) is 0 Å². The van der Waals surface area contributed by atoms with Crippen molar-refractivity contribution in [3.05, 3.63) is 29.3 Å². The van der Waals surface area contributed by atoms with Crippen LogP contribution in [-0.4, -0.2) is 18.1 Å². The standard InChI is InChI=1S/C10H10ClNOS/c11-9-1-3-10(4-2-9)13-6-8-14-7-5-12/h1-4H,6-8H2. The van der Waals surface area contributed by atoms with E-state index in [9.17, 15) is 0 Å². The zero-order valence-electron chi connectivity index (χ0n) is 7.57. The first-order chi connectivity index (χ1) is 6.83. The van der Waals surface area contributed by atoms with E-state index in [4.69, 9.17) is 21.6 Å². The van der Waals surface area contributed by atoms with Crippen molar-refractivity contribution >= 4 is 23.4 Å². The third-order valence-corrected chi connectivity index (χ3v) is 2.52. The molecule has 0 N–H and O–H groups in total. The normalized spacial score (nSPS) is 9.43. The summed E-state index contributed by atoms with van der Waals surface area (Å²) in [5.41, 5.74) is 0. The Morgan fingerprint density at radius 1 is 1.36 bits per heavy atom. The average Bonchev–Trinajstić information content (AvgIpc) is 2.21. The molecule has 0 radical (unpaired) electrons. The van der Waals surface area contributed by atoms with Gasteiger partial charge in [-0.2, -0.15) is 5.26 Å². The number of rotatable bonds is 5. The lowest BCUT2D eigenvalue weighted by Crippen LogP contribution is -2.00. The molecular weight excluding hydrogens is 218 g/mol. The lowest BCUT2D eigenvalue weighted by atomic mass is 10.3. The van der Waals surface area contributed by atoms with Gasteiger partial charge in [-0.15, -0.1) is 11.8 Å². The van der Waals surface area contributed by atoms with Crippen molar-refractivity contribution < 1.29 is 4.74 Å². The van der Waals surface area contributed by atoms with Gasteiger partial charge in [0.1, 0.15) is 5.75 Å². The molecule has 0 aromatic heterocycles. The Labute approximate surface area is 92.8 Å². The van der Waals surface area contributed by atoms with Crippen LogP contribution in [0.15, 0.2) is 24.3 Å². The van der Waals surface area contributed by atoms with E-state index in [1.807, 2.05) is 12.1 Å². The maximum absolute atomic E-state index is 8.29. The minimum Gasteiger partial charge on any atom is -0.493 e. The predicted molar refractivity (Wildman–Crippen MR) is 59.9 cm³/mol. The van der Waals surface area contributed by atoms with Crippen LogP contribution in [0.5, 0.6) is 5.75 Å². The van der Waals surface area contributed by atoms with Crippen molar-refractivity contribution in [1.82, 2.24) is 0 Å². The zero-order valence-corrected chi connectivity index (χ0v) is 9.14. The number of hydrogen-bond acceptors (Lipinski definition) is 3. The number of thioether (sulfide) groups is 1. The van der Waals surface area contributed by atoms with Gasteiger partial charge in [0.25, 0.3) is 0 Å². The molecule has 0 aliphatic heterocycles. The van der Waals surface area contributed by atoms with Gasteiger partial charge in [0.15, 0.2) is 0 Å². The molecule has 0 aliphatic rings. The predicted octanol–water partition coefficient (Wildman–Crippen LogP) is 2.98. The van der Waals surface area contributed by atoms with Crippen molar-refractivity contribution in [3.63, 3.8) is 0 Å². The second-order valence-corrected chi connectivity index (χ2v) is 4.05. The van der Waals surface area contributed by atoms with Gasteiger partial charge >= 0.3 is 0 Å². The first kappa shape index (κ1) is 11.2. The lowest BCUT2D eigenvalue weighted by Gasteiger charge is -2.04. The summed E-state index contributed by atoms with van der Waals surface area (Å²) in [6.07, 6.45) is 0. The number of hydrogen-bond donors (Lipinski definition) is 0. The Hall–Kier alpha value is -0.850. The van der Waals surface area contributed by atoms with Gasteiger partial charge in [-0.05, 0) is 24.3 Å². The Bertz CT molecular complexity index is 307. The summed E-state index contributed by atoms with van der Waals surface area (Å²) in [6, 6.07) is 9.31. The SMILES string of the molecule is N#CCSCCOc1ccc(Cl)cc1. The number of benzene rings is 1. The van der Waals surface area contributed by atoms with Crippen molar-refractivity contribution in [2.75, 3.05) is 18.1 Å². The number of nitrogens with zero attached hydrogens (tertiary/aromatic N) is 1. The molecule has 0 aliphatic carbocycles. The van der Waals surface area contributed by atoms with Gasteiger partial charge in [0.05, 0.1) is 18.4 Å². The molecule has 0 saturated heterocycles. The van der Waals surface area contributed by atoms with E-state index < -0.39 is 0 Å². The fraction of sp³-hybridized carbons (Fsp3) is 0.300. The summed E-state index contributed by atoms with van der Waals surface area (Å²) in [4.78, 5) is 0. The van der Waals surface area contributed by atoms with Crippen LogP contribution in [0.1, 0.15) is 0 Å². The molecule has 4 heteroatoms. The average molecular weight is 228 g/mol. The van der Waals surface area contributed by atoms with Crippen LogP contribution < -0.4 is 4.74 Å². The van der Waals surface area contributed by atoms with E-state index in [-0.39, 0.29) is 0 Å². The molecular formula is C10H10ClNOS. The molecule has 2 nitrogen and oxygen atoms in total. The molecule has 0 heterocycles. The Morgan fingerprint density at radius 3 is 2.71 bits per heavy atom. The van der Waals surface area contributed by atoms with Gasteiger partial charge in [-0.3, -0.25) is 0 Å². The van der Waals surface area contributed by atoms with Gasteiger partial charge in [-0.1, -0.05) is 11.6 Å². The lowest BCUT2D eigenvalue weighted by molar-refractivity contribution is 0.344. The second kappa shape index (κ2) is 6.58. The molecule has 14 heavy (non-hydrogen) atoms. The van der Waals surface area contributed by atoms with E-state index in [1.54, 1.807) is 23.9 Å². The molecule has 1 rings (SSSR count). The summed E-state index contributed by atoms with van der Waals surface area (Å²) in [6.45, 7) is 0.619. The second-order valence-electron chi connectivity index (χ2n) is 2.51. The Morgan fingerprint density at radius 2 is 2.07 bits per heavy atom. The highest BCUT2D eigenvalue weighted by molar-refractivity contribution is 7.99. The summed E-state index contributed by atoms with van der Waals surface area (Å²) >= 11 is 7.28. The van der Waals surface area contributed by atoms with E-state index in [1.165, 1.54) is 0 Å². The summed E-state index contributed by atoms with van der Waals surface area (Å²) < 4.78 is 5.42. The third kappa shape index (κ3) is 4.40. The molecule has 1 aromatic rings. The third-order valence-electron chi connectivity index (χ3n) is 1.48. The van der Waals surface area contributed by atoms with Crippen molar-refractivity contribution in [2.24, 2.45) is 0 Å². The topological polar surface area (TPSA) is 33.0 Å². The monoisotopic (exact) mass is 227 g/mol. The molecule has 0 spiro atoms. The van der Waals surface area contributed by atoms with Crippen LogP contribution in [0.3, 0.4) is 0 Å². The highest BCUT2D eigenvalue weighted by atomic mass is 35.5. The van der Waals surface area contributed by atoms with Crippen molar-refractivity contribution in [2.45, 2.75) is 0 Å². The van der Waals surface area contributed by atoms with E-state index >= 15 is 0 Å². The van der Waals surface area contributed by atoms with Crippen molar-refractivity contribution in [1.29, 1.82) is 5.26 Å².